The number of anilines is 1. The van der Waals surface area contributed by atoms with E-state index in [4.69, 9.17) is 19.3 Å². The van der Waals surface area contributed by atoms with Gasteiger partial charge in [-0.25, -0.2) is 14.8 Å². The molecule has 34 heavy (non-hydrogen) atoms. The lowest BCUT2D eigenvalue weighted by Gasteiger charge is -2.22. The second-order valence-electron chi connectivity index (χ2n) is 7.75. The van der Waals surface area contributed by atoms with Crippen molar-refractivity contribution in [2.75, 3.05) is 18.4 Å². The summed E-state index contributed by atoms with van der Waals surface area (Å²) < 4.78 is 16.2. The average Bonchev–Trinajstić information content (AvgIpc) is 3.46. The van der Waals surface area contributed by atoms with E-state index in [0.29, 0.717) is 34.3 Å². The zero-order chi connectivity index (χ0) is 23.8. The number of esters is 1. The van der Waals surface area contributed by atoms with Crippen LogP contribution in [0.15, 0.2) is 46.9 Å². The van der Waals surface area contributed by atoms with Gasteiger partial charge < -0.3 is 14.2 Å². The summed E-state index contributed by atoms with van der Waals surface area (Å²) in [5.74, 6) is 0.802. The summed E-state index contributed by atoms with van der Waals surface area (Å²) >= 11 is 1.30. The van der Waals surface area contributed by atoms with E-state index >= 15 is 0 Å². The van der Waals surface area contributed by atoms with E-state index in [9.17, 15) is 14.9 Å². The van der Waals surface area contributed by atoms with Crippen LogP contribution in [0.25, 0.3) is 0 Å². The van der Waals surface area contributed by atoms with Gasteiger partial charge >= 0.3 is 5.97 Å². The molecule has 0 aliphatic carbocycles. The number of carbonyl (C=O) groups excluding carboxylic acids is 1. The maximum absolute atomic E-state index is 12.1. The van der Waals surface area contributed by atoms with Gasteiger partial charge in [-0.1, -0.05) is 0 Å². The van der Waals surface area contributed by atoms with Crippen molar-refractivity contribution in [3.8, 4) is 11.5 Å². The lowest BCUT2D eigenvalue weighted by atomic mass is 9.94. The number of thiazole rings is 1. The average molecular weight is 481 g/mol. The summed E-state index contributed by atoms with van der Waals surface area (Å²) in [6.07, 6.45) is 0.625. The zero-order valence-corrected chi connectivity index (χ0v) is 19.2. The zero-order valence-electron chi connectivity index (χ0n) is 18.4. The first-order chi connectivity index (χ1) is 16.4. The largest absolute Gasteiger partial charge is 0.461 e. The number of fused-ring (bicyclic) bond motifs is 2. The molecule has 0 saturated carbocycles. The van der Waals surface area contributed by atoms with E-state index in [1.54, 1.807) is 29.4 Å². The van der Waals surface area contributed by atoms with Crippen LogP contribution in [0.4, 0.5) is 10.8 Å². The number of nitrogens with zero attached hydrogens (tertiary/aromatic N) is 4. The molecule has 3 aromatic rings. The molecule has 0 bridgehead atoms. The van der Waals surface area contributed by atoms with Crippen molar-refractivity contribution in [1.29, 1.82) is 0 Å². The fourth-order valence-electron chi connectivity index (χ4n) is 3.89. The molecular formula is C23H20N4O6S. The predicted octanol–water partition coefficient (Wildman–Crippen LogP) is 4.16. The molecule has 0 amide bonds. The molecule has 2 aromatic carbocycles. The molecule has 1 unspecified atom stereocenters. The number of benzene rings is 2. The van der Waals surface area contributed by atoms with Gasteiger partial charge in [-0.3, -0.25) is 10.1 Å². The van der Waals surface area contributed by atoms with Crippen LogP contribution in [0.5, 0.6) is 11.5 Å². The van der Waals surface area contributed by atoms with Crippen LogP contribution in [0.2, 0.25) is 0 Å². The number of hydrogen-bond donors (Lipinski definition) is 0. The number of carbonyl (C=O) groups is 1. The summed E-state index contributed by atoms with van der Waals surface area (Å²) in [5.41, 5.74) is 3.37. The highest BCUT2D eigenvalue weighted by Gasteiger charge is 2.29. The van der Waals surface area contributed by atoms with Crippen molar-refractivity contribution >= 4 is 33.8 Å². The topological polar surface area (TPSA) is 116 Å². The molecule has 2 aliphatic heterocycles. The fourth-order valence-corrected chi connectivity index (χ4v) is 4.74. The van der Waals surface area contributed by atoms with Crippen LogP contribution in [0, 0.1) is 10.1 Å². The van der Waals surface area contributed by atoms with Crippen LogP contribution in [-0.4, -0.2) is 41.0 Å². The lowest BCUT2D eigenvalue weighted by molar-refractivity contribution is -0.384. The quantitative estimate of drug-likeness (QED) is 0.304. The normalized spacial score (nSPS) is 16.5. The Bertz CT molecular complexity index is 1300. The second-order valence-corrected chi connectivity index (χ2v) is 8.59. The van der Waals surface area contributed by atoms with Gasteiger partial charge in [-0.05, 0) is 50.1 Å². The molecule has 174 valence electrons. The van der Waals surface area contributed by atoms with Gasteiger partial charge in [0.1, 0.15) is 0 Å². The molecule has 0 saturated heterocycles. The minimum absolute atomic E-state index is 0.00638. The second kappa shape index (κ2) is 8.75. The number of nitro groups is 1. The van der Waals surface area contributed by atoms with Gasteiger partial charge in [0.15, 0.2) is 17.2 Å². The molecule has 10 nitrogen and oxygen atoms in total. The van der Waals surface area contributed by atoms with Crippen LogP contribution < -0.4 is 14.5 Å². The molecular weight excluding hydrogens is 460 g/mol. The van der Waals surface area contributed by atoms with Gasteiger partial charge in [0.05, 0.1) is 23.3 Å². The van der Waals surface area contributed by atoms with Crippen LogP contribution >= 0.6 is 11.3 Å². The Morgan fingerprint density at radius 1 is 1.26 bits per heavy atom. The molecule has 0 radical (unpaired) electrons. The molecule has 2 aliphatic rings. The Hall–Kier alpha value is -3.99. The Morgan fingerprint density at radius 2 is 2.00 bits per heavy atom. The van der Waals surface area contributed by atoms with Crippen LogP contribution in [-0.2, 0) is 11.2 Å². The van der Waals surface area contributed by atoms with Gasteiger partial charge in [0.25, 0.3) is 5.69 Å². The first-order valence-corrected chi connectivity index (χ1v) is 11.5. The number of aromatic nitrogens is 1. The summed E-state index contributed by atoms with van der Waals surface area (Å²) in [6.45, 7) is 4.17. The Morgan fingerprint density at radius 3 is 2.71 bits per heavy atom. The van der Waals surface area contributed by atoms with Gasteiger partial charge in [-0.2, -0.15) is 5.10 Å². The molecule has 11 heteroatoms. The molecule has 5 rings (SSSR count). The number of hydrazone groups is 1. The van der Waals surface area contributed by atoms with E-state index in [0.717, 1.165) is 11.1 Å². The predicted molar refractivity (Wildman–Crippen MR) is 125 cm³/mol. The smallest absolute Gasteiger partial charge is 0.357 e. The standard InChI is InChI=1S/C23H20N4O6S/c1-3-31-22(28)18-11-34-23(24-18)26-13(2)8-15-9-19-20(33-12-32-19)10-17(15)21(25-26)14-4-6-16(7-5-14)27(29)30/h4-7,9-11,13H,3,8,12H2,1-2H3. The molecule has 0 N–H and O–H groups in total. The van der Waals surface area contributed by atoms with Crippen LogP contribution in [0.1, 0.15) is 41.0 Å². The lowest BCUT2D eigenvalue weighted by Crippen LogP contribution is -2.29. The molecule has 1 aromatic heterocycles. The number of nitro benzene ring substituents is 1. The van der Waals surface area contributed by atoms with Gasteiger partial charge in [0, 0.05) is 28.6 Å². The highest BCUT2D eigenvalue weighted by Crippen LogP contribution is 2.38. The van der Waals surface area contributed by atoms with E-state index < -0.39 is 10.9 Å². The molecule has 0 fully saturated rings. The van der Waals surface area contributed by atoms with Crippen molar-refractivity contribution < 1.29 is 23.9 Å². The Balaban J connectivity index is 1.62. The minimum atomic E-state index is -0.485. The van der Waals surface area contributed by atoms with Crippen molar-refractivity contribution in [1.82, 2.24) is 4.98 Å². The van der Waals surface area contributed by atoms with Gasteiger partial charge in [-0.15, -0.1) is 11.3 Å². The van der Waals surface area contributed by atoms with Crippen molar-refractivity contribution in [2.24, 2.45) is 5.10 Å². The third-order valence-electron chi connectivity index (χ3n) is 5.52. The number of rotatable bonds is 5. The van der Waals surface area contributed by atoms with Gasteiger partial charge in [0.2, 0.25) is 11.9 Å². The first kappa shape index (κ1) is 21.8. The monoisotopic (exact) mass is 480 g/mol. The summed E-state index contributed by atoms with van der Waals surface area (Å²) in [6, 6.07) is 9.98. The summed E-state index contributed by atoms with van der Waals surface area (Å²) in [4.78, 5) is 27.3. The minimum Gasteiger partial charge on any atom is -0.461 e. The SMILES string of the molecule is CCOC(=O)c1csc(N2N=C(c3ccc([N+](=O)[O-])cc3)c3cc4c(cc3CC2C)OCO4)n1. The van der Waals surface area contributed by atoms with Crippen molar-refractivity contribution in [2.45, 2.75) is 26.3 Å². The summed E-state index contributed by atoms with van der Waals surface area (Å²) in [7, 11) is 0. The maximum atomic E-state index is 12.1. The van der Waals surface area contributed by atoms with E-state index in [-0.39, 0.29) is 30.8 Å². The van der Waals surface area contributed by atoms with E-state index in [2.05, 4.69) is 4.98 Å². The number of ether oxygens (including phenoxy) is 3. The molecule has 3 heterocycles. The van der Waals surface area contributed by atoms with E-state index in [1.165, 1.54) is 23.5 Å². The third kappa shape index (κ3) is 3.94. The first-order valence-electron chi connectivity index (χ1n) is 10.6. The third-order valence-corrected chi connectivity index (χ3v) is 6.35. The highest BCUT2D eigenvalue weighted by molar-refractivity contribution is 7.13. The molecule has 0 spiro atoms. The van der Waals surface area contributed by atoms with Crippen molar-refractivity contribution in [3.05, 3.63) is 74.3 Å². The Kier molecular flexibility index (Phi) is 5.62. The summed E-state index contributed by atoms with van der Waals surface area (Å²) in [5, 5.41) is 20.0. The fraction of sp³-hybridized carbons (Fsp3) is 0.261. The number of hydrogen-bond acceptors (Lipinski definition) is 10. The highest BCUT2D eigenvalue weighted by atomic mass is 32.1. The van der Waals surface area contributed by atoms with E-state index in [1.807, 2.05) is 19.1 Å². The molecule has 1 atom stereocenters. The maximum Gasteiger partial charge on any atom is 0.357 e. The van der Waals surface area contributed by atoms with Crippen LogP contribution in [0.3, 0.4) is 0 Å². The Labute approximate surface area is 198 Å². The van der Waals surface area contributed by atoms with Crippen molar-refractivity contribution in [3.63, 3.8) is 0 Å². The number of non-ortho nitro benzene ring substituents is 1.